The summed E-state index contributed by atoms with van der Waals surface area (Å²) in [4.78, 5) is 10.5. The number of nitrogens with zero attached hydrogens (tertiary/aromatic N) is 1. The third-order valence-electron chi connectivity index (χ3n) is 2.68. The van der Waals surface area contributed by atoms with Gasteiger partial charge in [0.15, 0.2) is 0 Å². The van der Waals surface area contributed by atoms with E-state index in [0.29, 0.717) is 5.56 Å². The minimum atomic E-state index is -0.446. The summed E-state index contributed by atoms with van der Waals surface area (Å²) in [6.45, 7) is 0. The van der Waals surface area contributed by atoms with Crippen LogP contribution in [0.3, 0.4) is 0 Å². The van der Waals surface area contributed by atoms with Crippen LogP contribution in [0.2, 0.25) is 0 Å². The van der Waals surface area contributed by atoms with E-state index in [2.05, 4.69) is 0 Å². The SMILES string of the molecule is COc1c(C=Cc2ccccc2)cccc1[N+](=O)[O-]. The topological polar surface area (TPSA) is 52.4 Å². The van der Waals surface area contributed by atoms with Gasteiger partial charge in [0, 0.05) is 11.6 Å². The Morgan fingerprint density at radius 1 is 1.05 bits per heavy atom. The van der Waals surface area contributed by atoms with Crippen LogP contribution in [-0.4, -0.2) is 12.0 Å². The van der Waals surface area contributed by atoms with Crippen LogP contribution in [0.4, 0.5) is 5.69 Å². The second-order valence-corrected chi connectivity index (χ2v) is 3.90. The molecule has 0 radical (unpaired) electrons. The second kappa shape index (κ2) is 5.82. The first-order valence-corrected chi connectivity index (χ1v) is 5.77. The average Bonchev–Trinajstić information content (AvgIpc) is 2.45. The maximum Gasteiger partial charge on any atom is 0.311 e. The summed E-state index contributed by atoms with van der Waals surface area (Å²) in [6, 6.07) is 14.6. The standard InChI is InChI=1S/C15H13NO3/c1-19-15-13(8-5-9-14(15)16(17)18)11-10-12-6-3-2-4-7-12/h2-11H,1H3. The molecule has 0 saturated carbocycles. The zero-order chi connectivity index (χ0) is 13.7. The van der Waals surface area contributed by atoms with Crippen LogP contribution < -0.4 is 4.74 Å². The first-order valence-electron chi connectivity index (χ1n) is 5.77. The molecule has 96 valence electrons. The van der Waals surface area contributed by atoms with Gasteiger partial charge < -0.3 is 4.74 Å². The monoisotopic (exact) mass is 255 g/mol. The van der Waals surface area contributed by atoms with Crippen LogP contribution in [0, 0.1) is 10.1 Å². The number of methoxy groups -OCH3 is 1. The Labute approximate surface area is 111 Å². The van der Waals surface area contributed by atoms with Gasteiger partial charge in [0.05, 0.1) is 12.0 Å². The molecule has 0 aromatic heterocycles. The number of benzene rings is 2. The van der Waals surface area contributed by atoms with Gasteiger partial charge in [0.1, 0.15) is 0 Å². The Hall–Kier alpha value is -2.62. The zero-order valence-electron chi connectivity index (χ0n) is 10.4. The number of ether oxygens (including phenoxy) is 1. The lowest BCUT2D eigenvalue weighted by atomic mass is 10.1. The van der Waals surface area contributed by atoms with Crippen LogP contribution in [-0.2, 0) is 0 Å². The Morgan fingerprint density at radius 2 is 1.79 bits per heavy atom. The van der Waals surface area contributed by atoms with Gasteiger partial charge in [0.2, 0.25) is 5.75 Å². The Bertz CT molecular complexity index is 606. The van der Waals surface area contributed by atoms with Crippen molar-refractivity contribution in [1.29, 1.82) is 0 Å². The molecule has 4 heteroatoms. The molecule has 0 atom stereocenters. The molecule has 0 heterocycles. The van der Waals surface area contributed by atoms with Crippen LogP contribution >= 0.6 is 0 Å². The molecule has 0 saturated heterocycles. The smallest absolute Gasteiger partial charge is 0.311 e. The van der Waals surface area contributed by atoms with Crippen LogP contribution in [0.1, 0.15) is 11.1 Å². The molecule has 0 amide bonds. The van der Waals surface area contributed by atoms with Crippen molar-refractivity contribution in [3.05, 3.63) is 69.8 Å². The average molecular weight is 255 g/mol. The lowest BCUT2D eigenvalue weighted by molar-refractivity contribution is -0.385. The molecule has 0 aliphatic carbocycles. The number of nitro groups is 1. The number of hydrogen-bond donors (Lipinski definition) is 0. The van der Waals surface area contributed by atoms with E-state index in [1.54, 1.807) is 18.2 Å². The highest BCUT2D eigenvalue weighted by Crippen LogP contribution is 2.31. The zero-order valence-corrected chi connectivity index (χ0v) is 10.4. The lowest BCUT2D eigenvalue weighted by Crippen LogP contribution is -1.95. The van der Waals surface area contributed by atoms with Crippen molar-refractivity contribution in [2.45, 2.75) is 0 Å². The first kappa shape index (κ1) is 12.8. The predicted octanol–water partition coefficient (Wildman–Crippen LogP) is 3.77. The van der Waals surface area contributed by atoms with Crippen molar-refractivity contribution < 1.29 is 9.66 Å². The van der Waals surface area contributed by atoms with Crippen molar-refractivity contribution in [2.75, 3.05) is 7.11 Å². The molecule has 0 unspecified atom stereocenters. The Balaban J connectivity index is 2.38. The molecular formula is C15H13NO3. The van der Waals surface area contributed by atoms with Crippen LogP contribution in [0.25, 0.3) is 12.2 Å². The van der Waals surface area contributed by atoms with Crippen molar-refractivity contribution in [2.24, 2.45) is 0 Å². The maximum atomic E-state index is 10.9. The number of para-hydroxylation sites is 1. The van der Waals surface area contributed by atoms with Crippen molar-refractivity contribution in [1.82, 2.24) is 0 Å². The van der Waals surface area contributed by atoms with E-state index >= 15 is 0 Å². The predicted molar refractivity (Wildman–Crippen MR) is 75.0 cm³/mol. The summed E-state index contributed by atoms with van der Waals surface area (Å²) < 4.78 is 5.13. The molecule has 0 fully saturated rings. The van der Waals surface area contributed by atoms with Gasteiger partial charge in [-0.2, -0.15) is 0 Å². The van der Waals surface area contributed by atoms with E-state index in [-0.39, 0.29) is 11.4 Å². The molecule has 0 aliphatic heterocycles. The van der Waals surface area contributed by atoms with E-state index in [1.165, 1.54) is 13.2 Å². The second-order valence-electron chi connectivity index (χ2n) is 3.90. The quantitative estimate of drug-likeness (QED) is 0.474. The highest BCUT2D eigenvalue weighted by Gasteiger charge is 2.16. The van der Waals surface area contributed by atoms with E-state index < -0.39 is 4.92 Å². The van der Waals surface area contributed by atoms with Gasteiger partial charge in [-0.3, -0.25) is 10.1 Å². The summed E-state index contributed by atoms with van der Waals surface area (Å²) in [5, 5.41) is 10.9. The molecule has 19 heavy (non-hydrogen) atoms. The summed E-state index contributed by atoms with van der Waals surface area (Å²) in [6.07, 6.45) is 3.70. The normalized spacial score (nSPS) is 10.6. The lowest BCUT2D eigenvalue weighted by Gasteiger charge is -2.05. The van der Waals surface area contributed by atoms with Gasteiger partial charge >= 0.3 is 5.69 Å². The van der Waals surface area contributed by atoms with Crippen molar-refractivity contribution in [3.63, 3.8) is 0 Å². The van der Waals surface area contributed by atoms with E-state index in [1.807, 2.05) is 36.4 Å². The summed E-state index contributed by atoms with van der Waals surface area (Å²) >= 11 is 0. The minimum Gasteiger partial charge on any atom is -0.490 e. The number of nitro benzene ring substituents is 1. The summed E-state index contributed by atoms with van der Waals surface area (Å²) in [5.74, 6) is 0.277. The maximum absolute atomic E-state index is 10.9. The largest absolute Gasteiger partial charge is 0.490 e. The molecule has 0 aliphatic rings. The Kier molecular flexibility index (Phi) is 3.93. The first-order chi connectivity index (χ1) is 9.22. The fourth-order valence-electron chi connectivity index (χ4n) is 1.79. The molecule has 2 aromatic rings. The molecule has 2 aromatic carbocycles. The van der Waals surface area contributed by atoms with E-state index in [9.17, 15) is 10.1 Å². The number of rotatable bonds is 4. The third-order valence-corrected chi connectivity index (χ3v) is 2.68. The minimum absolute atomic E-state index is 0.0299. The van der Waals surface area contributed by atoms with E-state index in [4.69, 9.17) is 4.74 Å². The highest BCUT2D eigenvalue weighted by molar-refractivity contribution is 5.75. The molecule has 2 rings (SSSR count). The van der Waals surface area contributed by atoms with E-state index in [0.717, 1.165) is 5.56 Å². The summed E-state index contributed by atoms with van der Waals surface area (Å²) in [5.41, 5.74) is 1.68. The molecule has 0 bridgehead atoms. The van der Waals surface area contributed by atoms with Crippen LogP contribution in [0.15, 0.2) is 48.5 Å². The molecular weight excluding hydrogens is 242 g/mol. The van der Waals surface area contributed by atoms with Gasteiger partial charge in [-0.15, -0.1) is 0 Å². The molecule has 0 spiro atoms. The van der Waals surface area contributed by atoms with Gasteiger partial charge in [-0.1, -0.05) is 54.6 Å². The fourth-order valence-corrected chi connectivity index (χ4v) is 1.79. The Morgan fingerprint density at radius 3 is 2.42 bits per heavy atom. The van der Waals surface area contributed by atoms with Gasteiger partial charge in [-0.05, 0) is 5.56 Å². The summed E-state index contributed by atoms with van der Waals surface area (Å²) in [7, 11) is 1.43. The molecule has 0 N–H and O–H groups in total. The van der Waals surface area contributed by atoms with Crippen molar-refractivity contribution >= 4 is 17.8 Å². The number of hydrogen-bond acceptors (Lipinski definition) is 3. The van der Waals surface area contributed by atoms with Gasteiger partial charge in [0.25, 0.3) is 0 Å². The third kappa shape index (κ3) is 2.98. The van der Waals surface area contributed by atoms with Crippen LogP contribution in [0.5, 0.6) is 5.75 Å². The van der Waals surface area contributed by atoms with Crippen molar-refractivity contribution in [3.8, 4) is 5.75 Å². The molecule has 4 nitrogen and oxygen atoms in total. The fraction of sp³-hybridized carbons (Fsp3) is 0.0667. The highest BCUT2D eigenvalue weighted by atomic mass is 16.6. The van der Waals surface area contributed by atoms with Gasteiger partial charge in [-0.25, -0.2) is 0 Å².